The summed E-state index contributed by atoms with van der Waals surface area (Å²) < 4.78 is 0. The molecule has 0 aromatic heterocycles. The Morgan fingerprint density at radius 1 is 1.23 bits per heavy atom. The summed E-state index contributed by atoms with van der Waals surface area (Å²) in [6.45, 7) is 3.89. The molecule has 0 fully saturated rings. The fraction of sp³-hybridized carbons (Fsp3) is 0.111. The number of hydrogen-bond acceptors (Lipinski definition) is 2. The van der Waals surface area contributed by atoms with Crippen molar-refractivity contribution in [3.8, 4) is 6.07 Å². The summed E-state index contributed by atoms with van der Waals surface area (Å²) in [5.74, 6) is -0.450. The van der Waals surface area contributed by atoms with Crippen molar-refractivity contribution in [2.24, 2.45) is 0 Å². The number of hydrogen-bond donors (Lipinski definition) is 1. The van der Waals surface area contributed by atoms with E-state index in [2.05, 4.69) is 5.32 Å². The zero-order chi connectivity index (χ0) is 16.1. The zero-order valence-electron chi connectivity index (χ0n) is 12.4. The van der Waals surface area contributed by atoms with Gasteiger partial charge in [-0.2, -0.15) is 5.26 Å². The van der Waals surface area contributed by atoms with Gasteiger partial charge >= 0.3 is 0 Å². The van der Waals surface area contributed by atoms with E-state index in [9.17, 15) is 10.1 Å². The molecule has 2 rings (SSSR count). The van der Waals surface area contributed by atoms with E-state index in [1.807, 2.05) is 38.1 Å². The predicted molar refractivity (Wildman–Crippen MR) is 89.6 cm³/mol. The molecule has 0 saturated heterocycles. The molecule has 0 aliphatic heterocycles. The third-order valence-corrected chi connectivity index (χ3v) is 3.54. The van der Waals surface area contributed by atoms with Crippen molar-refractivity contribution in [1.29, 1.82) is 5.26 Å². The summed E-state index contributed by atoms with van der Waals surface area (Å²) in [7, 11) is 0. The first-order chi connectivity index (χ1) is 10.5. The Morgan fingerprint density at radius 3 is 2.59 bits per heavy atom. The van der Waals surface area contributed by atoms with Gasteiger partial charge in [-0.3, -0.25) is 4.79 Å². The number of carbonyl (C=O) groups is 1. The minimum absolute atomic E-state index is 0.00748. The summed E-state index contributed by atoms with van der Waals surface area (Å²) in [6.07, 6.45) is 1.49. The number of halogens is 1. The van der Waals surface area contributed by atoms with Gasteiger partial charge in [0.15, 0.2) is 0 Å². The third-order valence-electron chi connectivity index (χ3n) is 3.20. The van der Waals surface area contributed by atoms with E-state index < -0.39 is 5.91 Å². The number of benzene rings is 2. The summed E-state index contributed by atoms with van der Waals surface area (Å²) in [5, 5.41) is 12.5. The Morgan fingerprint density at radius 2 is 1.95 bits per heavy atom. The summed E-state index contributed by atoms with van der Waals surface area (Å²) in [4.78, 5) is 12.3. The van der Waals surface area contributed by atoms with Gasteiger partial charge in [0.05, 0.1) is 0 Å². The maximum atomic E-state index is 12.3. The van der Waals surface area contributed by atoms with Gasteiger partial charge in [-0.25, -0.2) is 0 Å². The van der Waals surface area contributed by atoms with Crippen molar-refractivity contribution in [2.45, 2.75) is 13.8 Å². The van der Waals surface area contributed by atoms with Gasteiger partial charge in [0.25, 0.3) is 5.91 Å². The van der Waals surface area contributed by atoms with E-state index in [0.717, 1.165) is 11.1 Å². The molecule has 0 bridgehead atoms. The quantitative estimate of drug-likeness (QED) is 0.670. The van der Waals surface area contributed by atoms with E-state index >= 15 is 0 Å². The Labute approximate surface area is 134 Å². The van der Waals surface area contributed by atoms with Crippen molar-refractivity contribution in [3.05, 3.63) is 69.8 Å². The van der Waals surface area contributed by atoms with Crippen LogP contribution in [0.1, 0.15) is 16.7 Å². The summed E-state index contributed by atoms with van der Waals surface area (Å²) >= 11 is 6.05. The smallest absolute Gasteiger partial charge is 0.266 e. The van der Waals surface area contributed by atoms with Crippen molar-refractivity contribution < 1.29 is 4.79 Å². The van der Waals surface area contributed by atoms with Crippen LogP contribution in [0.2, 0.25) is 5.02 Å². The average Bonchev–Trinajstić information content (AvgIpc) is 2.49. The minimum atomic E-state index is -0.450. The molecule has 3 nitrogen and oxygen atoms in total. The number of amides is 1. The first-order valence-electron chi connectivity index (χ1n) is 6.76. The highest BCUT2D eigenvalue weighted by molar-refractivity contribution is 6.32. The molecule has 0 aliphatic rings. The van der Waals surface area contributed by atoms with Gasteiger partial charge in [0.2, 0.25) is 0 Å². The fourth-order valence-corrected chi connectivity index (χ4v) is 2.23. The van der Waals surface area contributed by atoms with Crippen LogP contribution < -0.4 is 5.32 Å². The lowest BCUT2D eigenvalue weighted by molar-refractivity contribution is -0.112. The highest BCUT2D eigenvalue weighted by Gasteiger charge is 2.11. The highest BCUT2D eigenvalue weighted by Crippen LogP contribution is 2.20. The monoisotopic (exact) mass is 310 g/mol. The number of nitrogens with one attached hydrogen (secondary N) is 1. The van der Waals surface area contributed by atoms with Gasteiger partial charge in [0.1, 0.15) is 11.6 Å². The van der Waals surface area contributed by atoms with Crippen LogP contribution in [0.5, 0.6) is 0 Å². The Balaban J connectivity index is 2.27. The lowest BCUT2D eigenvalue weighted by Crippen LogP contribution is -2.14. The Hall–Kier alpha value is -2.57. The third kappa shape index (κ3) is 3.75. The van der Waals surface area contributed by atoms with Crippen LogP contribution in [0, 0.1) is 25.2 Å². The molecule has 4 heteroatoms. The van der Waals surface area contributed by atoms with Crippen LogP contribution in [0.3, 0.4) is 0 Å². The molecule has 0 radical (unpaired) electrons. The van der Waals surface area contributed by atoms with Gasteiger partial charge in [-0.15, -0.1) is 0 Å². The van der Waals surface area contributed by atoms with E-state index in [-0.39, 0.29) is 5.57 Å². The molecular weight excluding hydrogens is 296 g/mol. The molecule has 2 aromatic carbocycles. The molecule has 1 N–H and O–H groups in total. The number of nitrogens with zero attached hydrogens (tertiary/aromatic N) is 1. The van der Waals surface area contributed by atoms with Crippen molar-refractivity contribution >= 4 is 29.3 Å². The lowest BCUT2D eigenvalue weighted by atomic mass is 10.1. The standard InChI is InChI=1S/C18H15ClN2O/c1-12-7-8-17(13(2)9-12)21-18(22)15(11-20)10-14-5-3-4-6-16(14)19/h3-10H,1-2H3,(H,21,22)/b15-10+. The molecule has 1 amide bonds. The minimum Gasteiger partial charge on any atom is -0.321 e. The van der Waals surface area contributed by atoms with Crippen LogP contribution in [0.15, 0.2) is 48.0 Å². The molecular formula is C18H15ClN2O. The van der Waals surface area contributed by atoms with E-state index in [4.69, 9.17) is 11.6 Å². The molecule has 0 aliphatic carbocycles. The fourth-order valence-electron chi connectivity index (χ4n) is 2.04. The largest absolute Gasteiger partial charge is 0.321 e. The van der Waals surface area contributed by atoms with E-state index in [1.54, 1.807) is 24.3 Å². The first-order valence-corrected chi connectivity index (χ1v) is 7.14. The Bertz CT molecular complexity index is 788. The van der Waals surface area contributed by atoms with Crippen molar-refractivity contribution in [3.63, 3.8) is 0 Å². The van der Waals surface area contributed by atoms with Gasteiger partial charge in [-0.1, -0.05) is 47.5 Å². The lowest BCUT2D eigenvalue weighted by Gasteiger charge is -2.08. The normalized spacial score (nSPS) is 10.9. The van der Waals surface area contributed by atoms with Crippen molar-refractivity contribution in [2.75, 3.05) is 5.32 Å². The van der Waals surface area contributed by atoms with Crippen LogP contribution in [-0.4, -0.2) is 5.91 Å². The number of aryl methyl sites for hydroxylation is 2. The molecule has 0 unspecified atom stereocenters. The van der Waals surface area contributed by atoms with Crippen molar-refractivity contribution in [1.82, 2.24) is 0 Å². The van der Waals surface area contributed by atoms with Crippen LogP contribution in [0.4, 0.5) is 5.69 Å². The SMILES string of the molecule is Cc1ccc(NC(=O)/C(C#N)=C/c2ccccc2Cl)c(C)c1. The molecule has 0 saturated carbocycles. The Kier molecular flexibility index (Phi) is 4.98. The molecule has 110 valence electrons. The molecule has 0 spiro atoms. The first kappa shape index (κ1) is 15.8. The summed E-state index contributed by atoms with van der Waals surface area (Å²) in [6, 6.07) is 14.7. The number of rotatable bonds is 3. The van der Waals surface area contributed by atoms with E-state index in [1.165, 1.54) is 6.08 Å². The molecule has 0 atom stereocenters. The topological polar surface area (TPSA) is 52.9 Å². The molecule has 22 heavy (non-hydrogen) atoms. The van der Waals surface area contributed by atoms with Crippen LogP contribution in [0.25, 0.3) is 6.08 Å². The molecule has 2 aromatic rings. The number of nitriles is 1. The predicted octanol–water partition coefficient (Wildman–Crippen LogP) is 4.50. The van der Waals surface area contributed by atoms with Gasteiger partial charge in [-0.05, 0) is 43.2 Å². The van der Waals surface area contributed by atoms with Gasteiger partial charge < -0.3 is 5.32 Å². The average molecular weight is 311 g/mol. The maximum absolute atomic E-state index is 12.3. The van der Waals surface area contributed by atoms with Crippen LogP contribution in [-0.2, 0) is 4.79 Å². The molecule has 0 heterocycles. The number of anilines is 1. The van der Waals surface area contributed by atoms with Gasteiger partial charge in [0, 0.05) is 10.7 Å². The van der Waals surface area contributed by atoms with Crippen LogP contribution >= 0.6 is 11.6 Å². The van der Waals surface area contributed by atoms with E-state index in [0.29, 0.717) is 16.3 Å². The second kappa shape index (κ2) is 6.93. The summed E-state index contributed by atoms with van der Waals surface area (Å²) in [5.41, 5.74) is 3.39. The maximum Gasteiger partial charge on any atom is 0.266 e. The zero-order valence-corrected chi connectivity index (χ0v) is 13.1. The second-order valence-electron chi connectivity index (χ2n) is 4.96. The second-order valence-corrected chi connectivity index (χ2v) is 5.37. The number of carbonyl (C=O) groups excluding carboxylic acids is 1. The highest BCUT2D eigenvalue weighted by atomic mass is 35.5.